The van der Waals surface area contributed by atoms with Gasteiger partial charge in [0, 0.05) is 12.1 Å². The lowest BCUT2D eigenvalue weighted by Crippen LogP contribution is -2.22. The Bertz CT molecular complexity index is 800. The fourth-order valence-corrected chi connectivity index (χ4v) is 2.94. The first-order valence-electron chi connectivity index (χ1n) is 6.40. The minimum atomic E-state index is -0.360. The van der Waals surface area contributed by atoms with Crippen molar-refractivity contribution in [2.75, 3.05) is 0 Å². The van der Waals surface area contributed by atoms with E-state index in [0.717, 1.165) is 16.8 Å². The largest absolute Gasteiger partial charge is 0.422 e. The fourth-order valence-electron chi connectivity index (χ4n) is 2.69. The molecule has 1 aliphatic heterocycles. The van der Waals surface area contributed by atoms with Gasteiger partial charge in [-0.3, -0.25) is 0 Å². The molecule has 2 aromatic rings. The number of rotatable bonds is 1. The van der Waals surface area contributed by atoms with Crippen molar-refractivity contribution in [1.82, 2.24) is 9.78 Å². The topological polar surface area (TPSA) is 76.9 Å². The summed E-state index contributed by atoms with van der Waals surface area (Å²) in [5.41, 5.74) is 8.70. The minimum absolute atomic E-state index is 0.0953. The maximum absolute atomic E-state index is 9.47. The number of nitrogens with zero attached hydrogens (tertiary/aromatic N) is 3. The summed E-state index contributed by atoms with van der Waals surface area (Å²) < 4.78 is 7.19. The summed E-state index contributed by atoms with van der Waals surface area (Å²) in [4.78, 5) is 0. The summed E-state index contributed by atoms with van der Waals surface area (Å²) in [5.74, 6) is 0.285. The Kier molecular flexibility index (Phi) is 3.11. The van der Waals surface area contributed by atoms with Crippen molar-refractivity contribution in [1.29, 1.82) is 5.26 Å². The van der Waals surface area contributed by atoms with Crippen molar-refractivity contribution in [3.63, 3.8) is 0 Å². The molecule has 2 N–H and O–H groups in total. The second-order valence-electron chi connectivity index (χ2n) is 4.87. The maximum Gasteiger partial charge on any atom is 0.224 e. The zero-order valence-electron chi connectivity index (χ0n) is 11.6. The molecule has 0 radical (unpaired) electrons. The first-order valence-corrected chi connectivity index (χ1v) is 6.78. The van der Waals surface area contributed by atoms with Crippen molar-refractivity contribution >= 4 is 11.6 Å². The smallest absolute Gasteiger partial charge is 0.224 e. The molecule has 0 saturated heterocycles. The Morgan fingerprint density at radius 1 is 1.43 bits per heavy atom. The highest BCUT2D eigenvalue weighted by Gasteiger charge is 2.35. The van der Waals surface area contributed by atoms with E-state index in [-0.39, 0.29) is 11.8 Å². The maximum atomic E-state index is 9.47. The second-order valence-corrected chi connectivity index (χ2v) is 5.28. The van der Waals surface area contributed by atoms with Gasteiger partial charge in [0.25, 0.3) is 0 Å². The third-order valence-electron chi connectivity index (χ3n) is 3.60. The van der Waals surface area contributed by atoms with Crippen molar-refractivity contribution < 1.29 is 4.74 Å². The van der Waals surface area contributed by atoms with Gasteiger partial charge in [-0.1, -0.05) is 29.8 Å². The van der Waals surface area contributed by atoms with Crippen LogP contribution in [0.15, 0.2) is 35.7 Å². The highest BCUT2D eigenvalue weighted by molar-refractivity contribution is 6.31. The predicted octanol–water partition coefficient (Wildman–Crippen LogP) is 2.60. The molecule has 0 fully saturated rings. The van der Waals surface area contributed by atoms with Crippen LogP contribution < -0.4 is 10.5 Å². The third kappa shape index (κ3) is 1.96. The van der Waals surface area contributed by atoms with Crippen LogP contribution in [0.3, 0.4) is 0 Å². The van der Waals surface area contributed by atoms with Crippen LogP contribution in [-0.2, 0) is 7.05 Å². The molecule has 3 rings (SSSR count). The van der Waals surface area contributed by atoms with E-state index < -0.39 is 0 Å². The average molecular weight is 301 g/mol. The van der Waals surface area contributed by atoms with Gasteiger partial charge in [-0.05, 0) is 18.6 Å². The zero-order valence-corrected chi connectivity index (χ0v) is 12.3. The number of hydrogen-bond donors (Lipinski definition) is 1. The summed E-state index contributed by atoms with van der Waals surface area (Å²) in [6.45, 7) is 1.88. The van der Waals surface area contributed by atoms with Gasteiger partial charge in [0.2, 0.25) is 11.8 Å². The van der Waals surface area contributed by atoms with Gasteiger partial charge in [0.1, 0.15) is 11.6 Å². The Labute approximate surface area is 127 Å². The van der Waals surface area contributed by atoms with Crippen LogP contribution >= 0.6 is 11.6 Å². The highest BCUT2D eigenvalue weighted by atomic mass is 35.5. The van der Waals surface area contributed by atoms with Crippen LogP contribution in [-0.4, -0.2) is 9.78 Å². The molecule has 1 aliphatic rings. The molecule has 6 heteroatoms. The number of benzene rings is 1. The molecular formula is C15H13ClN4O. The lowest BCUT2D eigenvalue weighted by atomic mass is 9.84. The fraction of sp³-hybridized carbons (Fsp3) is 0.200. The van der Waals surface area contributed by atoms with Gasteiger partial charge in [-0.15, -0.1) is 0 Å². The number of nitrogens with two attached hydrogens (primary N) is 1. The van der Waals surface area contributed by atoms with Crippen LogP contribution in [0.4, 0.5) is 0 Å². The summed E-state index contributed by atoms with van der Waals surface area (Å²) in [6.07, 6.45) is 0. The number of aromatic nitrogens is 2. The van der Waals surface area contributed by atoms with Crippen LogP contribution in [0.25, 0.3) is 0 Å². The molecule has 2 heterocycles. The molecule has 0 bridgehead atoms. The number of ether oxygens (including phenoxy) is 1. The SMILES string of the molecule is Cc1nn(C)c2c1[C@@H](c1ccccc1Cl)C(C#N)=C(N)O2. The van der Waals surface area contributed by atoms with E-state index in [1.165, 1.54) is 0 Å². The molecule has 21 heavy (non-hydrogen) atoms. The molecule has 0 amide bonds. The van der Waals surface area contributed by atoms with Crippen LogP contribution in [0, 0.1) is 18.3 Å². The lowest BCUT2D eigenvalue weighted by Gasteiger charge is -2.25. The first-order chi connectivity index (χ1) is 10.0. The zero-order chi connectivity index (χ0) is 15.1. The summed E-state index contributed by atoms with van der Waals surface area (Å²) in [6, 6.07) is 9.55. The van der Waals surface area contributed by atoms with Crippen molar-refractivity contribution in [2.45, 2.75) is 12.8 Å². The predicted molar refractivity (Wildman–Crippen MR) is 78.7 cm³/mol. The van der Waals surface area contributed by atoms with E-state index in [1.807, 2.05) is 25.1 Å². The number of allylic oxidation sites excluding steroid dienone is 1. The Morgan fingerprint density at radius 3 is 2.81 bits per heavy atom. The molecule has 0 aliphatic carbocycles. The lowest BCUT2D eigenvalue weighted by molar-refractivity contribution is 0.358. The van der Waals surface area contributed by atoms with Gasteiger partial charge >= 0.3 is 0 Å². The van der Waals surface area contributed by atoms with Gasteiger partial charge in [0.15, 0.2) is 0 Å². The minimum Gasteiger partial charge on any atom is -0.422 e. The average Bonchev–Trinajstić information content (AvgIpc) is 2.73. The normalized spacial score (nSPS) is 17.1. The molecule has 1 atom stereocenters. The number of fused-ring (bicyclic) bond motifs is 1. The van der Waals surface area contributed by atoms with Crippen LogP contribution in [0.2, 0.25) is 5.02 Å². The number of nitriles is 1. The number of halogens is 1. The molecule has 5 nitrogen and oxygen atoms in total. The molecule has 1 aromatic heterocycles. The third-order valence-corrected chi connectivity index (χ3v) is 3.94. The van der Waals surface area contributed by atoms with E-state index in [9.17, 15) is 5.26 Å². The molecule has 1 aromatic carbocycles. The molecule has 0 spiro atoms. The first kappa shape index (κ1) is 13.5. The number of aryl methyl sites for hydroxylation is 2. The van der Waals surface area contributed by atoms with Crippen molar-refractivity contribution in [2.24, 2.45) is 12.8 Å². The molecule has 0 unspecified atom stereocenters. The quantitative estimate of drug-likeness (QED) is 0.878. The van der Waals surface area contributed by atoms with Crippen molar-refractivity contribution in [3.8, 4) is 11.9 Å². The summed E-state index contributed by atoms with van der Waals surface area (Å²) in [5, 5.41) is 14.4. The summed E-state index contributed by atoms with van der Waals surface area (Å²) in [7, 11) is 1.78. The highest BCUT2D eigenvalue weighted by Crippen LogP contribution is 2.45. The van der Waals surface area contributed by atoms with Crippen LogP contribution in [0.5, 0.6) is 5.88 Å². The van der Waals surface area contributed by atoms with E-state index >= 15 is 0 Å². The van der Waals surface area contributed by atoms with E-state index in [0.29, 0.717) is 16.5 Å². The number of hydrogen-bond acceptors (Lipinski definition) is 4. The van der Waals surface area contributed by atoms with E-state index in [2.05, 4.69) is 11.2 Å². The van der Waals surface area contributed by atoms with Gasteiger partial charge in [-0.25, -0.2) is 4.68 Å². The van der Waals surface area contributed by atoms with E-state index in [4.69, 9.17) is 22.1 Å². The second kappa shape index (κ2) is 4.83. The Balaban J connectivity index is 2.32. The van der Waals surface area contributed by atoms with Gasteiger partial charge in [0.05, 0.1) is 17.2 Å². The van der Waals surface area contributed by atoms with E-state index in [1.54, 1.807) is 17.8 Å². The van der Waals surface area contributed by atoms with Gasteiger partial charge in [-0.2, -0.15) is 10.4 Å². The monoisotopic (exact) mass is 300 g/mol. The van der Waals surface area contributed by atoms with Crippen LogP contribution in [0.1, 0.15) is 22.7 Å². The Morgan fingerprint density at radius 2 is 2.14 bits per heavy atom. The van der Waals surface area contributed by atoms with Gasteiger partial charge < -0.3 is 10.5 Å². The molecular weight excluding hydrogens is 288 g/mol. The molecule has 0 saturated carbocycles. The summed E-state index contributed by atoms with van der Waals surface area (Å²) >= 11 is 6.31. The van der Waals surface area contributed by atoms with Crippen molar-refractivity contribution in [3.05, 3.63) is 57.6 Å². The standard InChI is InChI=1S/C15H13ClN4O/c1-8-12-13(9-5-3-4-6-11(9)16)10(7-17)14(18)21-15(12)20(2)19-8/h3-6,13H,18H2,1-2H3/t13-/m0/s1. The molecule has 106 valence electrons. The Hall–Kier alpha value is -2.45.